The highest BCUT2D eigenvalue weighted by Crippen LogP contribution is 2.26. The molecule has 1 amide bonds. The molecule has 0 aliphatic heterocycles. The van der Waals surface area contributed by atoms with E-state index in [-0.39, 0.29) is 5.91 Å². The van der Waals surface area contributed by atoms with E-state index in [9.17, 15) is 4.79 Å². The molecule has 2 heteroatoms. The summed E-state index contributed by atoms with van der Waals surface area (Å²) in [7, 11) is 0. The maximum Gasteiger partial charge on any atom is 0.221 e. The molecule has 0 unspecified atom stereocenters. The number of nitrogens with one attached hydrogen (secondary N) is 1. The molecule has 1 aromatic carbocycles. The van der Waals surface area contributed by atoms with Gasteiger partial charge in [0.1, 0.15) is 0 Å². The molecule has 1 N–H and O–H groups in total. The molecule has 2 nitrogen and oxygen atoms in total. The van der Waals surface area contributed by atoms with E-state index >= 15 is 0 Å². The maximum atomic E-state index is 10.9. The molecule has 0 atom stereocenters. The Hall–Kier alpha value is -1.83. The van der Waals surface area contributed by atoms with Crippen LogP contribution in [0.25, 0.3) is 5.57 Å². The van der Waals surface area contributed by atoms with Gasteiger partial charge in [0, 0.05) is 12.6 Å². The maximum absolute atomic E-state index is 10.9. The van der Waals surface area contributed by atoms with Crippen molar-refractivity contribution in [3.63, 3.8) is 0 Å². The molecular weight excluding hydrogens is 210 g/mol. The van der Waals surface area contributed by atoms with Crippen LogP contribution in [0.1, 0.15) is 25.8 Å². The summed E-state index contributed by atoms with van der Waals surface area (Å²) >= 11 is 0. The van der Waals surface area contributed by atoms with Gasteiger partial charge in [0.25, 0.3) is 0 Å². The van der Waals surface area contributed by atoms with Crippen LogP contribution >= 0.6 is 0 Å². The smallest absolute Gasteiger partial charge is 0.221 e. The average molecular weight is 226 g/mol. The van der Waals surface area contributed by atoms with Crippen LogP contribution in [0.5, 0.6) is 0 Å². The number of rotatable bonds is 2. The van der Waals surface area contributed by atoms with Crippen molar-refractivity contribution in [2.24, 2.45) is 0 Å². The molecule has 0 saturated heterocycles. The second kappa shape index (κ2) is 5.00. The molecule has 0 heterocycles. The van der Waals surface area contributed by atoms with Gasteiger partial charge >= 0.3 is 0 Å². The number of carbonyl (C=O) groups excluding carboxylic acids is 1. The summed E-state index contributed by atoms with van der Waals surface area (Å²) < 4.78 is 0. The van der Waals surface area contributed by atoms with E-state index in [2.05, 4.69) is 30.8 Å². The zero-order valence-electron chi connectivity index (χ0n) is 10.2. The zero-order valence-corrected chi connectivity index (χ0v) is 10.2. The fourth-order valence-corrected chi connectivity index (χ4v) is 1.89. The van der Waals surface area contributed by atoms with Crippen LogP contribution in [0.2, 0.25) is 0 Å². The van der Waals surface area contributed by atoms with Crippen LogP contribution in [-0.4, -0.2) is 5.91 Å². The monoisotopic (exact) mass is 226 g/mol. The van der Waals surface area contributed by atoms with Gasteiger partial charge in [0.15, 0.2) is 0 Å². The first kappa shape index (κ1) is 11.6. The highest BCUT2D eigenvalue weighted by molar-refractivity contribution is 5.89. The van der Waals surface area contributed by atoms with E-state index in [4.69, 9.17) is 0 Å². The van der Waals surface area contributed by atoms with Crippen LogP contribution in [-0.2, 0) is 4.79 Å². The number of hydrogen-bond acceptors (Lipinski definition) is 1. The normalized spacial score (nSPS) is 14.9. The summed E-state index contributed by atoms with van der Waals surface area (Å²) in [5.74, 6) is -0.0417. The number of hydrogen-bond donors (Lipinski definition) is 1. The lowest BCUT2D eigenvalue weighted by atomic mass is 9.94. The van der Waals surface area contributed by atoms with Crippen LogP contribution in [0, 0.1) is 6.42 Å². The standard InChI is InChI=1S/C15H16NO/c1-11-4-3-5-14(10-11)13-6-8-15(9-7-13)16-12(2)17/h4-10H,3H2,1-2H3,(H,16,17). The van der Waals surface area contributed by atoms with Gasteiger partial charge in [-0.2, -0.15) is 0 Å². The van der Waals surface area contributed by atoms with E-state index in [1.165, 1.54) is 23.6 Å². The van der Waals surface area contributed by atoms with Gasteiger partial charge in [-0.05, 0) is 43.0 Å². The fourth-order valence-electron chi connectivity index (χ4n) is 1.89. The molecule has 1 aliphatic carbocycles. The van der Waals surface area contributed by atoms with Gasteiger partial charge in [0.05, 0.1) is 0 Å². The van der Waals surface area contributed by atoms with Gasteiger partial charge in [-0.15, -0.1) is 0 Å². The van der Waals surface area contributed by atoms with Crippen molar-refractivity contribution in [1.82, 2.24) is 0 Å². The Kier molecular flexibility index (Phi) is 3.43. The van der Waals surface area contributed by atoms with Crippen molar-refractivity contribution >= 4 is 17.2 Å². The molecular formula is C15H16NO. The van der Waals surface area contributed by atoms with Gasteiger partial charge in [0.2, 0.25) is 5.91 Å². The summed E-state index contributed by atoms with van der Waals surface area (Å²) in [6.45, 7) is 3.62. The minimum atomic E-state index is -0.0417. The zero-order chi connectivity index (χ0) is 12.3. The van der Waals surface area contributed by atoms with Crippen molar-refractivity contribution in [3.05, 3.63) is 54.0 Å². The van der Waals surface area contributed by atoms with Crippen molar-refractivity contribution in [2.45, 2.75) is 20.3 Å². The summed E-state index contributed by atoms with van der Waals surface area (Å²) in [6, 6.07) is 7.93. The van der Waals surface area contributed by atoms with E-state index in [0.29, 0.717) is 0 Å². The van der Waals surface area contributed by atoms with Crippen molar-refractivity contribution in [3.8, 4) is 0 Å². The van der Waals surface area contributed by atoms with Gasteiger partial charge in [-0.1, -0.05) is 29.9 Å². The molecule has 0 spiro atoms. The molecule has 1 radical (unpaired) electrons. The van der Waals surface area contributed by atoms with Crippen LogP contribution in [0.3, 0.4) is 0 Å². The predicted octanol–water partition coefficient (Wildman–Crippen LogP) is 3.58. The highest BCUT2D eigenvalue weighted by atomic mass is 16.1. The van der Waals surface area contributed by atoms with E-state index < -0.39 is 0 Å². The molecule has 1 aromatic rings. The van der Waals surface area contributed by atoms with Crippen LogP contribution in [0.15, 0.2) is 42.0 Å². The Morgan fingerprint density at radius 2 is 1.94 bits per heavy atom. The third kappa shape index (κ3) is 3.06. The lowest BCUT2D eigenvalue weighted by Gasteiger charge is -2.12. The minimum absolute atomic E-state index is 0.0417. The lowest BCUT2D eigenvalue weighted by molar-refractivity contribution is -0.114. The second-order valence-electron chi connectivity index (χ2n) is 4.25. The fraction of sp³-hybridized carbons (Fsp3) is 0.200. The first-order valence-corrected chi connectivity index (χ1v) is 5.75. The third-order valence-corrected chi connectivity index (χ3v) is 2.70. The summed E-state index contributed by atoms with van der Waals surface area (Å²) in [5, 5.41) is 2.76. The molecule has 0 saturated carbocycles. The molecule has 0 bridgehead atoms. The van der Waals surface area contributed by atoms with Crippen molar-refractivity contribution in [1.29, 1.82) is 0 Å². The second-order valence-corrected chi connectivity index (χ2v) is 4.25. The number of benzene rings is 1. The SMILES string of the molecule is CC(=O)Nc1ccc(C2=CC(C)=CC[CH]2)cc1. The molecule has 2 rings (SSSR count). The summed E-state index contributed by atoms with van der Waals surface area (Å²) in [5.41, 5.74) is 4.57. The van der Waals surface area contributed by atoms with Gasteiger partial charge in [-0.3, -0.25) is 4.79 Å². The first-order chi connectivity index (χ1) is 8.15. The Balaban J connectivity index is 2.18. The van der Waals surface area contributed by atoms with Gasteiger partial charge in [-0.25, -0.2) is 0 Å². The average Bonchev–Trinajstić information content (AvgIpc) is 2.29. The number of anilines is 1. The molecule has 0 fully saturated rings. The largest absolute Gasteiger partial charge is 0.326 e. The predicted molar refractivity (Wildman–Crippen MR) is 71.4 cm³/mol. The Labute approximate surface area is 102 Å². The number of amides is 1. The summed E-state index contributed by atoms with van der Waals surface area (Å²) in [6.07, 6.45) is 7.58. The van der Waals surface area contributed by atoms with E-state index in [1.54, 1.807) is 0 Å². The van der Waals surface area contributed by atoms with Gasteiger partial charge < -0.3 is 5.32 Å². The first-order valence-electron chi connectivity index (χ1n) is 5.75. The molecule has 87 valence electrons. The van der Waals surface area contributed by atoms with Crippen molar-refractivity contribution < 1.29 is 4.79 Å². The highest BCUT2D eigenvalue weighted by Gasteiger charge is 2.06. The Morgan fingerprint density at radius 3 is 2.53 bits per heavy atom. The van der Waals surface area contributed by atoms with Crippen LogP contribution < -0.4 is 5.32 Å². The topological polar surface area (TPSA) is 29.1 Å². The molecule has 0 aromatic heterocycles. The molecule has 17 heavy (non-hydrogen) atoms. The van der Waals surface area contributed by atoms with E-state index in [0.717, 1.165) is 12.1 Å². The summed E-state index contributed by atoms with van der Waals surface area (Å²) in [4.78, 5) is 10.9. The van der Waals surface area contributed by atoms with E-state index in [1.807, 2.05) is 24.3 Å². The minimum Gasteiger partial charge on any atom is -0.326 e. The number of allylic oxidation sites excluding steroid dienone is 4. The van der Waals surface area contributed by atoms with Crippen LogP contribution in [0.4, 0.5) is 5.69 Å². The molecule has 1 aliphatic rings. The Bertz CT molecular complexity index is 480. The quantitative estimate of drug-likeness (QED) is 0.820. The third-order valence-electron chi connectivity index (χ3n) is 2.70. The lowest BCUT2D eigenvalue weighted by Crippen LogP contribution is -2.05. The Morgan fingerprint density at radius 1 is 1.24 bits per heavy atom. The number of carbonyl (C=O) groups is 1. The van der Waals surface area contributed by atoms with Crippen molar-refractivity contribution in [2.75, 3.05) is 5.32 Å².